The molecule has 2 heterocycles. The molecule has 2 rings (SSSR count). The maximum Gasteiger partial charge on any atom is 0.0940 e. The zero-order valence-corrected chi connectivity index (χ0v) is 12.7. The zero-order chi connectivity index (χ0) is 13.8. The van der Waals surface area contributed by atoms with E-state index >= 15 is 0 Å². The van der Waals surface area contributed by atoms with E-state index in [0.717, 1.165) is 23.4 Å². The first-order chi connectivity index (χ1) is 9.15. The highest BCUT2D eigenvalue weighted by Crippen LogP contribution is 2.27. The van der Waals surface area contributed by atoms with Crippen LogP contribution in [-0.4, -0.2) is 14.9 Å². The SMILES string of the molecule is CCc1ccsc1C(O)Cc1ccn(C(C)CC)n1. The second-order valence-corrected chi connectivity index (χ2v) is 5.88. The van der Waals surface area contributed by atoms with Crippen LogP contribution < -0.4 is 0 Å². The van der Waals surface area contributed by atoms with Crippen molar-refractivity contribution in [3.8, 4) is 0 Å². The molecular formula is C15H22N2OS. The second-order valence-electron chi connectivity index (χ2n) is 4.93. The van der Waals surface area contributed by atoms with Crippen LogP contribution in [0.15, 0.2) is 23.7 Å². The van der Waals surface area contributed by atoms with Gasteiger partial charge in [-0.3, -0.25) is 4.68 Å². The fourth-order valence-electron chi connectivity index (χ4n) is 2.14. The standard InChI is InChI=1S/C15H22N2OS/c1-4-11(3)17-8-6-13(16-17)10-14(18)15-12(5-2)7-9-19-15/h6-9,11,14,18H,4-5,10H2,1-3H3. The van der Waals surface area contributed by atoms with E-state index < -0.39 is 6.10 Å². The minimum absolute atomic E-state index is 0.416. The lowest BCUT2D eigenvalue weighted by Crippen LogP contribution is -2.07. The molecule has 0 spiro atoms. The lowest BCUT2D eigenvalue weighted by atomic mass is 10.1. The van der Waals surface area contributed by atoms with E-state index in [1.165, 1.54) is 5.56 Å². The van der Waals surface area contributed by atoms with Gasteiger partial charge < -0.3 is 5.11 Å². The number of aliphatic hydroxyl groups is 1. The van der Waals surface area contributed by atoms with Gasteiger partial charge in [-0.2, -0.15) is 5.10 Å². The van der Waals surface area contributed by atoms with Crippen LogP contribution in [0.2, 0.25) is 0 Å². The zero-order valence-electron chi connectivity index (χ0n) is 11.8. The number of nitrogens with zero attached hydrogens (tertiary/aromatic N) is 2. The Balaban J connectivity index is 2.06. The molecule has 2 unspecified atom stereocenters. The van der Waals surface area contributed by atoms with Gasteiger partial charge in [0.2, 0.25) is 0 Å². The van der Waals surface area contributed by atoms with Crippen LogP contribution in [-0.2, 0) is 12.8 Å². The van der Waals surface area contributed by atoms with E-state index in [-0.39, 0.29) is 0 Å². The Kier molecular flexibility index (Phi) is 4.77. The lowest BCUT2D eigenvalue weighted by molar-refractivity contribution is 0.179. The van der Waals surface area contributed by atoms with E-state index in [1.54, 1.807) is 11.3 Å². The van der Waals surface area contributed by atoms with Crippen molar-refractivity contribution >= 4 is 11.3 Å². The summed E-state index contributed by atoms with van der Waals surface area (Å²) in [6.07, 6.45) is 4.20. The van der Waals surface area contributed by atoms with Crippen molar-refractivity contribution in [3.05, 3.63) is 39.8 Å². The van der Waals surface area contributed by atoms with Crippen LogP contribution >= 0.6 is 11.3 Å². The highest BCUT2D eigenvalue weighted by molar-refractivity contribution is 7.10. The maximum absolute atomic E-state index is 10.3. The maximum atomic E-state index is 10.3. The molecule has 1 N–H and O–H groups in total. The van der Waals surface area contributed by atoms with Gasteiger partial charge in [0.25, 0.3) is 0 Å². The van der Waals surface area contributed by atoms with Crippen molar-refractivity contribution in [2.75, 3.05) is 0 Å². The second kappa shape index (κ2) is 6.35. The Morgan fingerprint density at radius 1 is 1.37 bits per heavy atom. The summed E-state index contributed by atoms with van der Waals surface area (Å²) >= 11 is 1.63. The average Bonchev–Trinajstić information content (AvgIpc) is 3.05. The molecule has 0 aliphatic heterocycles. The number of aliphatic hydroxyl groups excluding tert-OH is 1. The number of rotatable bonds is 6. The molecule has 0 aromatic carbocycles. The first-order valence-corrected chi connectivity index (χ1v) is 7.82. The lowest BCUT2D eigenvalue weighted by Gasteiger charge is -2.10. The Bertz CT molecular complexity index is 518. The van der Waals surface area contributed by atoms with Crippen LogP contribution in [0.1, 0.15) is 55.5 Å². The van der Waals surface area contributed by atoms with Gasteiger partial charge in [0, 0.05) is 23.5 Å². The molecule has 104 valence electrons. The van der Waals surface area contributed by atoms with Crippen molar-refractivity contribution in [3.63, 3.8) is 0 Å². The van der Waals surface area contributed by atoms with E-state index in [9.17, 15) is 5.11 Å². The Hall–Kier alpha value is -1.13. The van der Waals surface area contributed by atoms with Crippen molar-refractivity contribution in [2.45, 2.75) is 52.2 Å². The molecule has 0 saturated heterocycles. The van der Waals surface area contributed by atoms with Gasteiger partial charge in [0.15, 0.2) is 0 Å². The molecule has 4 heteroatoms. The van der Waals surface area contributed by atoms with Gasteiger partial charge in [-0.1, -0.05) is 13.8 Å². The molecular weight excluding hydrogens is 256 g/mol. The highest BCUT2D eigenvalue weighted by Gasteiger charge is 2.15. The number of hydrogen-bond acceptors (Lipinski definition) is 3. The summed E-state index contributed by atoms with van der Waals surface area (Å²) in [6, 6.07) is 4.52. The van der Waals surface area contributed by atoms with E-state index in [0.29, 0.717) is 12.5 Å². The Labute approximate surface area is 118 Å². The van der Waals surface area contributed by atoms with E-state index in [2.05, 4.69) is 37.3 Å². The smallest absolute Gasteiger partial charge is 0.0940 e. The van der Waals surface area contributed by atoms with Crippen molar-refractivity contribution in [1.29, 1.82) is 0 Å². The number of aryl methyl sites for hydroxylation is 1. The van der Waals surface area contributed by atoms with Crippen LogP contribution in [0.5, 0.6) is 0 Å². The van der Waals surface area contributed by atoms with Crippen molar-refractivity contribution in [1.82, 2.24) is 9.78 Å². The number of thiophene rings is 1. The van der Waals surface area contributed by atoms with E-state index in [4.69, 9.17) is 0 Å². The fourth-order valence-corrected chi connectivity index (χ4v) is 3.12. The molecule has 19 heavy (non-hydrogen) atoms. The van der Waals surface area contributed by atoms with Gasteiger partial charge in [-0.15, -0.1) is 11.3 Å². The molecule has 3 nitrogen and oxygen atoms in total. The van der Waals surface area contributed by atoms with Crippen LogP contribution in [0.3, 0.4) is 0 Å². The summed E-state index contributed by atoms with van der Waals surface area (Å²) < 4.78 is 1.98. The summed E-state index contributed by atoms with van der Waals surface area (Å²) in [6.45, 7) is 6.43. The summed E-state index contributed by atoms with van der Waals surface area (Å²) in [5, 5.41) is 16.9. The van der Waals surface area contributed by atoms with Crippen molar-refractivity contribution in [2.24, 2.45) is 0 Å². The largest absolute Gasteiger partial charge is 0.387 e. The topological polar surface area (TPSA) is 38.0 Å². The summed E-state index contributed by atoms with van der Waals surface area (Å²) in [5.41, 5.74) is 2.21. The van der Waals surface area contributed by atoms with Gasteiger partial charge in [-0.05, 0) is 42.8 Å². The molecule has 0 fully saturated rings. The molecule has 2 atom stereocenters. The third-order valence-corrected chi connectivity index (χ3v) is 4.63. The van der Waals surface area contributed by atoms with Crippen LogP contribution in [0.4, 0.5) is 0 Å². The van der Waals surface area contributed by atoms with Gasteiger partial charge in [0.1, 0.15) is 0 Å². The molecule has 0 aliphatic rings. The third-order valence-electron chi connectivity index (χ3n) is 3.57. The monoisotopic (exact) mass is 278 g/mol. The first-order valence-electron chi connectivity index (χ1n) is 6.94. The van der Waals surface area contributed by atoms with Crippen LogP contribution in [0.25, 0.3) is 0 Å². The molecule has 2 aromatic rings. The molecule has 0 amide bonds. The Morgan fingerprint density at radius 2 is 2.16 bits per heavy atom. The molecule has 0 saturated carbocycles. The predicted octanol–water partition coefficient (Wildman–Crippen LogP) is 3.75. The molecule has 0 radical (unpaired) electrons. The fraction of sp³-hybridized carbons (Fsp3) is 0.533. The van der Waals surface area contributed by atoms with Gasteiger partial charge in [0.05, 0.1) is 11.8 Å². The minimum atomic E-state index is -0.435. The Morgan fingerprint density at radius 3 is 2.84 bits per heavy atom. The average molecular weight is 278 g/mol. The molecule has 2 aromatic heterocycles. The highest BCUT2D eigenvalue weighted by atomic mass is 32.1. The summed E-state index contributed by atoms with van der Waals surface area (Å²) in [7, 11) is 0. The summed E-state index contributed by atoms with van der Waals surface area (Å²) in [4.78, 5) is 1.08. The minimum Gasteiger partial charge on any atom is -0.387 e. The third kappa shape index (κ3) is 3.25. The quantitative estimate of drug-likeness (QED) is 0.873. The molecule has 0 aliphatic carbocycles. The normalized spacial score (nSPS) is 14.5. The summed E-state index contributed by atoms with van der Waals surface area (Å²) in [5.74, 6) is 0. The number of aromatic nitrogens is 2. The molecule has 0 bridgehead atoms. The van der Waals surface area contributed by atoms with E-state index in [1.807, 2.05) is 16.9 Å². The predicted molar refractivity (Wildman–Crippen MR) is 79.6 cm³/mol. The first kappa shape index (κ1) is 14.3. The van der Waals surface area contributed by atoms with Gasteiger partial charge >= 0.3 is 0 Å². The number of hydrogen-bond donors (Lipinski definition) is 1. The van der Waals surface area contributed by atoms with Crippen molar-refractivity contribution < 1.29 is 5.11 Å². The van der Waals surface area contributed by atoms with Crippen LogP contribution in [0, 0.1) is 0 Å². The van der Waals surface area contributed by atoms with Gasteiger partial charge in [-0.25, -0.2) is 0 Å².